The molecule has 0 fully saturated rings. The molecule has 21 heavy (non-hydrogen) atoms. The van der Waals surface area contributed by atoms with Gasteiger partial charge in [0.25, 0.3) is 0 Å². The van der Waals surface area contributed by atoms with Crippen molar-refractivity contribution in [3.8, 4) is 0 Å². The summed E-state index contributed by atoms with van der Waals surface area (Å²) >= 11 is 1.68. The number of aromatic nitrogens is 2. The van der Waals surface area contributed by atoms with Crippen LogP contribution >= 0.6 is 11.3 Å². The van der Waals surface area contributed by atoms with Gasteiger partial charge in [-0.2, -0.15) is 0 Å². The lowest BCUT2D eigenvalue weighted by Gasteiger charge is -2.30. The number of nitrogens with one attached hydrogen (secondary N) is 1. The molecule has 0 amide bonds. The Bertz CT molecular complexity index is 506. The molecule has 2 aromatic heterocycles. The van der Waals surface area contributed by atoms with Gasteiger partial charge in [-0.25, -0.2) is 4.98 Å². The van der Waals surface area contributed by atoms with E-state index in [1.807, 2.05) is 0 Å². The van der Waals surface area contributed by atoms with Crippen LogP contribution in [-0.4, -0.2) is 34.7 Å². The van der Waals surface area contributed by atoms with Gasteiger partial charge >= 0.3 is 0 Å². The molecule has 2 aromatic rings. The van der Waals surface area contributed by atoms with Crippen molar-refractivity contribution >= 4 is 16.3 Å². The molecule has 0 bridgehead atoms. The van der Waals surface area contributed by atoms with E-state index in [1.165, 1.54) is 0 Å². The molecule has 0 radical (unpaired) electrons. The second-order valence-corrected chi connectivity index (χ2v) is 6.63. The smallest absolute Gasteiger partial charge is 0.193 e. The monoisotopic (exact) mass is 309 g/mol. The largest absolute Gasteiger partial charge is 0.377 e. The van der Waals surface area contributed by atoms with Crippen LogP contribution in [0.2, 0.25) is 0 Å². The highest BCUT2D eigenvalue weighted by atomic mass is 32.1. The van der Waals surface area contributed by atoms with Crippen LogP contribution in [0.3, 0.4) is 0 Å². The predicted molar refractivity (Wildman–Crippen MR) is 89.1 cm³/mol. The number of nitrogens with zero attached hydrogens (tertiary/aromatic N) is 2. The van der Waals surface area contributed by atoms with Crippen molar-refractivity contribution in [2.24, 2.45) is 5.92 Å². The van der Waals surface area contributed by atoms with Gasteiger partial charge in [-0.15, -0.1) is 11.3 Å². The normalized spacial score (nSPS) is 14.9. The van der Waals surface area contributed by atoms with Crippen molar-refractivity contribution in [2.45, 2.75) is 52.7 Å². The minimum atomic E-state index is 0.223. The summed E-state index contributed by atoms with van der Waals surface area (Å²) in [7, 11) is 0. The maximum Gasteiger partial charge on any atom is 0.193 e. The second kappa shape index (κ2) is 7.92. The van der Waals surface area contributed by atoms with Crippen molar-refractivity contribution in [3.05, 3.63) is 23.5 Å². The topological polar surface area (TPSA) is 38.6 Å². The van der Waals surface area contributed by atoms with E-state index in [4.69, 9.17) is 9.72 Å². The number of thiazole rings is 1. The summed E-state index contributed by atoms with van der Waals surface area (Å²) in [4.78, 5) is 5.77. The zero-order valence-corrected chi connectivity index (χ0v) is 14.3. The molecular weight excluding hydrogens is 282 g/mol. The van der Waals surface area contributed by atoms with E-state index < -0.39 is 0 Å². The molecule has 0 aromatic carbocycles. The van der Waals surface area contributed by atoms with Crippen LogP contribution < -0.4 is 5.32 Å². The molecule has 2 heterocycles. The molecule has 0 saturated heterocycles. The number of hydrogen-bond acceptors (Lipinski definition) is 4. The van der Waals surface area contributed by atoms with Gasteiger partial charge in [-0.1, -0.05) is 20.8 Å². The zero-order valence-electron chi connectivity index (χ0n) is 13.5. The van der Waals surface area contributed by atoms with Crippen LogP contribution in [-0.2, 0) is 11.2 Å². The molecule has 2 atom stereocenters. The Morgan fingerprint density at radius 2 is 2.19 bits per heavy atom. The minimum absolute atomic E-state index is 0.223. The van der Waals surface area contributed by atoms with Gasteiger partial charge in [0, 0.05) is 36.8 Å². The highest BCUT2D eigenvalue weighted by Crippen LogP contribution is 2.18. The van der Waals surface area contributed by atoms with Crippen molar-refractivity contribution in [2.75, 3.05) is 13.2 Å². The van der Waals surface area contributed by atoms with Gasteiger partial charge in [0.15, 0.2) is 4.96 Å². The predicted octanol–water partition coefficient (Wildman–Crippen LogP) is 3.37. The highest BCUT2D eigenvalue weighted by molar-refractivity contribution is 7.15. The maximum atomic E-state index is 6.00. The first-order valence-electron chi connectivity index (χ1n) is 7.91. The Kier molecular flexibility index (Phi) is 6.21. The Hall–Kier alpha value is -0.910. The van der Waals surface area contributed by atoms with Gasteiger partial charge in [0.1, 0.15) is 0 Å². The summed E-state index contributed by atoms with van der Waals surface area (Å²) < 4.78 is 8.10. The molecule has 0 aliphatic carbocycles. The Balaban J connectivity index is 2.11. The fraction of sp³-hybridized carbons (Fsp3) is 0.688. The quantitative estimate of drug-likeness (QED) is 0.772. The molecule has 2 unspecified atom stereocenters. The molecule has 0 saturated carbocycles. The van der Waals surface area contributed by atoms with E-state index in [-0.39, 0.29) is 6.10 Å². The molecule has 118 valence electrons. The van der Waals surface area contributed by atoms with Crippen LogP contribution in [0.4, 0.5) is 0 Å². The summed E-state index contributed by atoms with van der Waals surface area (Å²) in [6.07, 6.45) is 6.47. The first-order chi connectivity index (χ1) is 10.2. The molecular formula is C16H27N3OS. The molecule has 2 rings (SSSR count). The van der Waals surface area contributed by atoms with Gasteiger partial charge in [0.05, 0.1) is 11.8 Å². The lowest BCUT2D eigenvalue weighted by Crippen LogP contribution is -2.46. The number of imidazole rings is 1. The fourth-order valence-electron chi connectivity index (χ4n) is 2.70. The lowest BCUT2D eigenvalue weighted by molar-refractivity contribution is 0.00343. The van der Waals surface area contributed by atoms with E-state index in [1.54, 1.807) is 11.3 Å². The summed E-state index contributed by atoms with van der Waals surface area (Å²) in [6.45, 7) is 10.5. The number of hydrogen-bond donors (Lipinski definition) is 1. The second-order valence-electron chi connectivity index (χ2n) is 5.75. The first-order valence-corrected chi connectivity index (χ1v) is 8.79. The Morgan fingerprint density at radius 3 is 2.81 bits per heavy atom. The van der Waals surface area contributed by atoms with Crippen molar-refractivity contribution < 1.29 is 4.74 Å². The lowest BCUT2D eigenvalue weighted by atomic mass is 9.95. The summed E-state index contributed by atoms with van der Waals surface area (Å²) in [5.41, 5.74) is 1.14. The summed E-state index contributed by atoms with van der Waals surface area (Å²) in [5, 5.41) is 5.72. The molecule has 0 aliphatic rings. The van der Waals surface area contributed by atoms with Crippen molar-refractivity contribution in [1.29, 1.82) is 0 Å². The van der Waals surface area contributed by atoms with Crippen LogP contribution in [0.5, 0.6) is 0 Å². The minimum Gasteiger partial charge on any atom is -0.377 e. The Morgan fingerprint density at radius 1 is 1.38 bits per heavy atom. The molecule has 5 heteroatoms. The summed E-state index contributed by atoms with van der Waals surface area (Å²) in [6, 6.07) is 0.314. The number of ether oxygens (including phenoxy) is 1. The van der Waals surface area contributed by atoms with Crippen LogP contribution in [0.15, 0.2) is 17.8 Å². The fourth-order valence-corrected chi connectivity index (χ4v) is 3.42. The van der Waals surface area contributed by atoms with E-state index in [0.29, 0.717) is 12.0 Å². The van der Waals surface area contributed by atoms with Gasteiger partial charge in [0.2, 0.25) is 0 Å². The van der Waals surface area contributed by atoms with E-state index in [9.17, 15) is 0 Å². The van der Waals surface area contributed by atoms with E-state index in [2.05, 4.69) is 55.2 Å². The van der Waals surface area contributed by atoms with Crippen molar-refractivity contribution in [1.82, 2.24) is 14.7 Å². The highest BCUT2D eigenvalue weighted by Gasteiger charge is 2.25. The number of rotatable bonds is 9. The maximum absolute atomic E-state index is 6.00. The molecule has 0 aliphatic heterocycles. The standard InChI is InChI=1S/C16H27N3OS/c1-5-7-17-14(15(12(3)4)20-6-2)10-13-11-19-8-9-21-16(19)18-13/h8-9,11-12,14-15,17H,5-7,10H2,1-4H3. The molecule has 1 N–H and O–H groups in total. The van der Waals surface area contributed by atoms with Gasteiger partial charge in [-0.05, 0) is 25.8 Å². The van der Waals surface area contributed by atoms with Crippen molar-refractivity contribution in [3.63, 3.8) is 0 Å². The van der Waals surface area contributed by atoms with Crippen LogP contribution in [0.1, 0.15) is 39.8 Å². The number of fused-ring (bicyclic) bond motifs is 1. The van der Waals surface area contributed by atoms with E-state index in [0.717, 1.165) is 36.6 Å². The Labute approximate surface area is 131 Å². The van der Waals surface area contributed by atoms with E-state index >= 15 is 0 Å². The van der Waals surface area contributed by atoms with Crippen LogP contribution in [0, 0.1) is 5.92 Å². The first kappa shape index (κ1) is 16.5. The third-order valence-electron chi connectivity index (χ3n) is 3.64. The summed E-state index contributed by atoms with van der Waals surface area (Å²) in [5.74, 6) is 0.489. The third kappa shape index (κ3) is 4.28. The SMILES string of the molecule is CCCNC(Cc1cn2ccsc2n1)C(OCC)C(C)C. The zero-order chi connectivity index (χ0) is 15.2. The van der Waals surface area contributed by atoms with Gasteiger partial charge < -0.3 is 10.1 Å². The average molecular weight is 309 g/mol. The average Bonchev–Trinajstić information content (AvgIpc) is 3.01. The molecule has 4 nitrogen and oxygen atoms in total. The van der Waals surface area contributed by atoms with Gasteiger partial charge in [-0.3, -0.25) is 4.40 Å². The molecule has 0 spiro atoms. The van der Waals surface area contributed by atoms with Crippen LogP contribution in [0.25, 0.3) is 4.96 Å². The third-order valence-corrected chi connectivity index (χ3v) is 4.41.